The Balaban J connectivity index is 2.25. The van der Waals surface area contributed by atoms with Crippen molar-refractivity contribution < 1.29 is 17.6 Å². The van der Waals surface area contributed by atoms with Gasteiger partial charge in [-0.1, -0.05) is 35.9 Å². The van der Waals surface area contributed by atoms with Gasteiger partial charge in [0.1, 0.15) is 12.4 Å². The van der Waals surface area contributed by atoms with Crippen LogP contribution in [-0.4, -0.2) is 51.2 Å². The first-order chi connectivity index (χ1) is 12.6. The van der Waals surface area contributed by atoms with E-state index in [1.165, 1.54) is 37.2 Å². The minimum Gasteiger partial charge on any atom is -0.340 e. The van der Waals surface area contributed by atoms with Gasteiger partial charge in [-0.2, -0.15) is 12.7 Å². The lowest BCUT2D eigenvalue weighted by Gasteiger charge is -2.29. The van der Waals surface area contributed by atoms with E-state index in [-0.39, 0.29) is 12.2 Å². The van der Waals surface area contributed by atoms with E-state index < -0.39 is 28.5 Å². The summed E-state index contributed by atoms with van der Waals surface area (Å²) in [5.41, 5.74) is 0.655. The SMILES string of the molecule is CN(Cc1ccc(Cl)cc1)C(=O)CN(c1ccccc1F)S(=O)(=O)N(C)C. The van der Waals surface area contributed by atoms with E-state index in [0.717, 1.165) is 20.2 Å². The van der Waals surface area contributed by atoms with Crippen molar-refractivity contribution in [3.05, 3.63) is 64.9 Å². The second kappa shape index (κ2) is 8.69. The molecule has 0 aliphatic heterocycles. The molecule has 0 radical (unpaired) electrons. The summed E-state index contributed by atoms with van der Waals surface area (Å²) in [6.45, 7) is -0.255. The molecule has 0 unspecified atom stereocenters. The number of nitrogens with zero attached hydrogens (tertiary/aromatic N) is 3. The number of hydrogen-bond donors (Lipinski definition) is 0. The molecule has 0 aliphatic carbocycles. The fraction of sp³-hybridized carbons (Fsp3) is 0.278. The van der Waals surface area contributed by atoms with Crippen LogP contribution >= 0.6 is 11.6 Å². The zero-order valence-corrected chi connectivity index (χ0v) is 16.8. The molecule has 2 aromatic rings. The molecule has 0 saturated carbocycles. The van der Waals surface area contributed by atoms with Crippen molar-refractivity contribution in [1.29, 1.82) is 0 Å². The Labute approximate surface area is 163 Å². The van der Waals surface area contributed by atoms with E-state index in [1.54, 1.807) is 31.3 Å². The molecule has 9 heteroatoms. The van der Waals surface area contributed by atoms with Crippen LogP contribution in [0.5, 0.6) is 0 Å². The molecular weight excluding hydrogens is 393 g/mol. The number of carbonyl (C=O) groups excluding carboxylic acids is 1. The maximum Gasteiger partial charge on any atom is 0.304 e. The average molecular weight is 414 g/mol. The van der Waals surface area contributed by atoms with Crippen LogP contribution in [0, 0.1) is 5.82 Å². The number of rotatable bonds is 7. The topological polar surface area (TPSA) is 60.9 Å². The molecule has 0 bridgehead atoms. The van der Waals surface area contributed by atoms with Gasteiger partial charge < -0.3 is 4.90 Å². The van der Waals surface area contributed by atoms with Gasteiger partial charge in [0.05, 0.1) is 5.69 Å². The van der Waals surface area contributed by atoms with Gasteiger partial charge in [0.2, 0.25) is 5.91 Å². The predicted molar refractivity (Wildman–Crippen MR) is 104 cm³/mol. The number of para-hydroxylation sites is 1. The average Bonchev–Trinajstić information content (AvgIpc) is 2.61. The molecule has 0 atom stereocenters. The highest BCUT2D eigenvalue weighted by molar-refractivity contribution is 7.90. The first-order valence-corrected chi connectivity index (χ1v) is 9.83. The molecule has 0 heterocycles. The van der Waals surface area contributed by atoms with Crippen molar-refractivity contribution in [2.45, 2.75) is 6.54 Å². The third kappa shape index (κ3) is 5.18. The summed E-state index contributed by atoms with van der Waals surface area (Å²) in [6, 6.07) is 12.4. The lowest BCUT2D eigenvalue weighted by Crippen LogP contribution is -2.46. The molecule has 27 heavy (non-hydrogen) atoms. The monoisotopic (exact) mass is 413 g/mol. The van der Waals surface area contributed by atoms with Gasteiger partial charge >= 0.3 is 10.2 Å². The van der Waals surface area contributed by atoms with E-state index in [9.17, 15) is 17.6 Å². The second-order valence-electron chi connectivity index (χ2n) is 6.12. The number of likely N-dealkylation sites (N-methyl/N-ethyl adjacent to an activating group) is 1. The molecule has 0 spiro atoms. The predicted octanol–water partition coefficient (Wildman–Crippen LogP) is 2.75. The Kier molecular flexibility index (Phi) is 6.80. The minimum atomic E-state index is -4.06. The molecule has 0 fully saturated rings. The Bertz CT molecular complexity index is 904. The molecule has 0 aliphatic rings. The molecule has 0 saturated heterocycles. The fourth-order valence-electron chi connectivity index (χ4n) is 2.34. The highest BCUT2D eigenvalue weighted by Gasteiger charge is 2.30. The Morgan fingerprint density at radius 3 is 2.19 bits per heavy atom. The molecule has 2 rings (SSSR count). The highest BCUT2D eigenvalue weighted by Crippen LogP contribution is 2.23. The normalized spacial score (nSPS) is 11.5. The quantitative estimate of drug-likeness (QED) is 0.701. The lowest BCUT2D eigenvalue weighted by atomic mass is 10.2. The molecule has 6 nitrogen and oxygen atoms in total. The van der Waals surface area contributed by atoms with Crippen molar-refractivity contribution in [3.63, 3.8) is 0 Å². The van der Waals surface area contributed by atoms with Gasteiger partial charge in [0, 0.05) is 32.7 Å². The van der Waals surface area contributed by atoms with Gasteiger partial charge in [-0.25, -0.2) is 8.70 Å². The van der Waals surface area contributed by atoms with Crippen LogP contribution in [0.4, 0.5) is 10.1 Å². The van der Waals surface area contributed by atoms with Gasteiger partial charge in [0.25, 0.3) is 0 Å². The fourth-order valence-corrected chi connectivity index (χ4v) is 3.53. The van der Waals surface area contributed by atoms with Gasteiger partial charge in [-0.3, -0.25) is 4.79 Å². The largest absolute Gasteiger partial charge is 0.340 e. The van der Waals surface area contributed by atoms with Gasteiger partial charge in [-0.05, 0) is 29.8 Å². The van der Waals surface area contributed by atoms with Crippen LogP contribution in [-0.2, 0) is 21.5 Å². The van der Waals surface area contributed by atoms with Crippen LogP contribution in [0.25, 0.3) is 0 Å². The summed E-state index contributed by atoms with van der Waals surface area (Å²) in [6.07, 6.45) is 0. The number of benzene rings is 2. The maximum absolute atomic E-state index is 14.2. The van der Waals surface area contributed by atoms with E-state index in [2.05, 4.69) is 0 Å². The van der Waals surface area contributed by atoms with Crippen LogP contribution in [0.1, 0.15) is 5.56 Å². The van der Waals surface area contributed by atoms with Gasteiger partial charge in [-0.15, -0.1) is 0 Å². The maximum atomic E-state index is 14.2. The third-order valence-electron chi connectivity index (χ3n) is 3.90. The van der Waals surface area contributed by atoms with Crippen molar-refractivity contribution in [3.8, 4) is 0 Å². The standard InChI is InChI=1S/C18H21ClFN3O3S/c1-21(2)27(25,26)23(17-7-5-4-6-16(17)20)13-18(24)22(3)12-14-8-10-15(19)11-9-14/h4-11H,12-13H2,1-3H3. The molecule has 1 amide bonds. The Morgan fingerprint density at radius 2 is 1.63 bits per heavy atom. The summed E-state index contributed by atoms with van der Waals surface area (Å²) in [5, 5.41) is 0.579. The minimum absolute atomic E-state index is 0.181. The zero-order chi connectivity index (χ0) is 20.2. The van der Waals surface area contributed by atoms with Crippen LogP contribution < -0.4 is 4.31 Å². The van der Waals surface area contributed by atoms with E-state index >= 15 is 0 Å². The number of amides is 1. The van der Waals surface area contributed by atoms with E-state index in [0.29, 0.717) is 5.02 Å². The summed E-state index contributed by atoms with van der Waals surface area (Å²) in [7, 11) is 0.143. The summed E-state index contributed by atoms with van der Waals surface area (Å²) < 4.78 is 41.2. The summed E-state index contributed by atoms with van der Waals surface area (Å²) >= 11 is 5.85. The number of hydrogen-bond acceptors (Lipinski definition) is 3. The summed E-state index contributed by atoms with van der Waals surface area (Å²) in [5.74, 6) is -1.20. The smallest absolute Gasteiger partial charge is 0.304 e. The van der Waals surface area contributed by atoms with Crippen LogP contribution in [0.2, 0.25) is 5.02 Å². The van der Waals surface area contributed by atoms with Crippen molar-refractivity contribution >= 4 is 33.4 Å². The Hall–Kier alpha value is -2.16. The number of carbonyl (C=O) groups is 1. The Morgan fingerprint density at radius 1 is 1.04 bits per heavy atom. The van der Waals surface area contributed by atoms with Crippen molar-refractivity contribution in [1.82, 2.24) is 9.21 Å². The number of halogens is 2. The first kappa shape index (κ1) is 21.1. The lowest BCUT2D eigenvalue weighted by molar-refractivity contribution is -0.128. The molecular formula is C18H21ClFN3O3S. The van der Waals surface area contributed by atoms with E-state index in [1.807, 2.05) is 0 Å². The molecule has 0 N–H and O–H groups in total. The van der Waals surface area contributed by atoms with Crippen molar-refractivity contribution in [2.75, 3.05) is 32.0 Å². The molecule has 2 aromatic carbocycles. The summed E-state index contributed by atoms with van der Waals surface area (Å²) in [4.78, 5) is 14.0. The third-order valence-corrected chi connectivity index (χ3v) is 5.96. The van der Waals surface area contributed by atoms with Gasteiger partial charge in [0.15, 0.2) is 0 Å². The molecule has 146 valence electrons. The van der Waals surface area contributed by atoms with Crippen molar-refractivity contribution in [2.24, 2.45) is 0 Å². The zero-order valence-electron chi connectivity index (χ0n) is 15.3. The molecule has 0 aromatic heterocycles. The first-order valence-electron chi connectivity index (χ1n) is 8.06. The number of anilines is 1. The highest BCUT2D eigenvalue weighted by atomic mass is 35.5. The van der Waals surface area contributed by atoms with E-state index in [4.69, 9.17) is 11.6 Å². The van der Waals surface area contributed by atoms with Crippen LogP contribution in [0.3, 0.4) is 0 Å². The second-order valence-corrected chi connectivity index (χ2v) is 8.63. The van der Waals surface area contributed by atoms with Crippen LogP contribution in [0.15, 0.2) is 48.5 Å².